The average Bonchev–Trinajstić information content (AvgIpc) is 3.08. The highest BCUT2D eigenvalue weighted by molar-refractivity contribution is 7.10. The summed E-state index contributed by atoms with van der Waals surface area (Å²) in [6, 6.07) is 5.22. The lowest BCUT2D eigenvalue weighted by Crippen LogP contribution is -2.37. The highest BCUT2D eigenvalue weighted by Crippen LogP contribution is 2.37. The van der Waals surface area contributed by atoms with Gasteiger partial charge >= 0.3 is 0 Å². The maximum atomic E-state index is 3.73. The lowest BCUT2D eigenvalue weighted by Gasteiger charge is -2.31. The van der Waals surface area contributed by atoms with Crippen LogP contribution in [0.15, 0.2) is 28.3 Å². The number of thiophene rings is 2. The van der Waals surface area contributed by atoms with Crippen LogP contribution in [0.5, 0.6) is 0 Å². The van der Waals surface area contributed by atoms with Gasteiger partial charge in [-0.2, -0.15) is 11.3 Å². The van der Waals surface area contributed by atoms with Gasteiger partial charge in [0.1, 0.15) is 0 Å². The van der Waals surface area contributed by atoms with E-state index in [1.165, 1.54) is 24.8 Å². The second-order valence-electron chi connectivity index (χ2n) is 5.30. The van der Waals surface area contributed by atoms with Crippen LogP contribution in [0, 0.1) is 0 Å². The molecule has 1 aliphatic carbocycles. The van der Waals surface area contributed by atoms with Crippen LogP contribution in [0.2, 0.25) is 0 Å². The van der Waals surface area contributed by atoms with Crippen LogP contribution in [0.25, 0.3) is 0 Å². The topological polar surface area (TPSA) is 12.0 Å². The van der Waals surface area contributed by atoms with E-state index < -0.39 is 0 Å². The average molecular weight is 291 g/mol. The van der Waals surface area contributed by atoms with Crippen LogP contribution in [0.3, 0.4) is 0 Å². The molecule has 0 radical (unpaired) electrons. The molecular formula is C16H21NS2. The van der Waals surface area contributed by atoms with E-state index in [2.05, 4.69) is 40.5 Å². The molecule has 2 atom stereocenters. The number of hydrogen-bond acceptors (Lipinski definition) is 3. The van der Waals surface area contributed by atoms with Crippen molar-refractivity contribution in [2.75, 3.05) is 6.54 Å². The summed E-state index contributed by atoms with van der Waals surface area (Å²) < 4.78 is 0. The van der Waals surface area contributed by atoms with E-state index in [9.17, 15) is 0 Å². The zero-order valence-electron chi connectivity index (χ0n) is 11.4. The molecule has 2 unspecified atom stereocenters. The number of aryl methyl sites for hydroxylation is 1. The molecule has 0 fully saturated rings. The largest absolute Gasteiger partial charge is 0.313 e. The minimum Gasteiger partial charge on any atom is -0.313 e. The van der Waals surface area contributed by atoms with Crippen molar-refractivity contribution in [3.63, 3.8) is 0 Å². The van der Waals surface area contributed by atoms with Gasteiger partial charge in [0.15, 0.2) is 0 Å². The van der Waals surface area contributed by atoms with Gasteiger partial charge in [0.25, 0.3) is 0 Å². The third kappa shape index (κ3) is 2.93. The number of likely N-dealkylation sites (N-methyl/N-ethyl adjacent to an activating group) is 1. The van der Waals surface area contributed by atoms with Gasteiger partial charge in [0.2, 0.25) is 0 Å². The molecule has 0 amide bonds. The van der Waals surface area contributed by atoms with Crippen LogP contribution >= 0.6 is 22.7 Å². The second kappa shape index (κ2) is 6.21. The maximum absolute atomic E-state index is 3.73. The first-order valence-corrected chi connectivity index (χ1v) is 9.01. The molecule has 0 saturated heterocycles. The third-order valence-electron chi connectivity index (χ3n) is 4.09. The van der Waals surface area contributed by atoms with E-state index in [0.29, 0.717) is 12.0 Å². The lowest BCUT2D eigenvalue weighted by molar-refractivity contribution is 0.398. The Morgan fingerprint density at radius 3 is 3.11 bits per heavy atom. The van der Waals surface area contributed by atoms with Gasteiger partial charge < -0.3 is 5.32 Å². The Hall–Kier alpha value is -0.640. The summed E-state index contributed by atoms with van der Waals surface area (Å²) in [5.74, 6) is 0.704. The van der Waals surface area contributed by atoms with Crippen molar-refractivity contribution in [2.45, 2.75) is 44.6 Å². The van der Waals surface area contributed by atoms with E-state index >= 15 is 0 Å². The molecular weight excluding hydrogens is 270 g/mol. The van der Waals surface area contributed by atoms with E-state index in [-0.39, 0.29) is 0 Å². The van der Waals surface area contributed by atoms with Crippen LogP contribution < -0.4 is 5.32 Å². The summed E-state index contributed by atoms with van der Waals surface area (Å²) in [5.41, 5.74) is 3.11. The van der Waals surface area contributed by atoms with E-state index in [1.54, 1.807) is 10.4 Å². The SMILES string of the molecule is CCNC(Cc1ccsc1)C1CCCc2sccc21. The zero-order valence-corrected chi connectivity index (χ0v) is 13.0. The van der Waals surface area contributed by atoms with Gasteiger partial charge in [0.05, 0.1) is 0 Å². The smallest absolute Gasteiger partial charge is 0.0177 e. The fourth-order valence-corrected chi connectivity index (χ4v) is 4.90. The summed E-state index contributed by atoms with van der Waals surface area (Å²) in [5, 5.41) is 10.5. The summed E-state index contributed by atoms with van der Waals surface area (Å²) in [7, 11) is 0. The molecule has 1 nitrogen and oxygen atoms in total. The van der Waals surface area contributed by atoms with Crippen molar-refractivity contribution in [1.82, 2.24) is 5.32 Å². The minimum absolute atomic E-state index is 0.591. The standard InChI is InChI=1S/C16H21NS2/c1-2-17-15(10-12-6-8-18-11-12)13-4-3-5-16-14(13)7-9-19-16/h6-9,11,13,15,17H,2-5,10H2,1H3. The van der Waals surface area contributed by atoms with Crippen molar-refractivity contribution in [3.05, 3.63) is 44.3 Å². The first kappa shape index (κ1) is 13.3. The second-order valence-corrected chi connectivity index (χ2v) is 7.08. The predicted octanol–water partition coefficient (Wildman–Crippen LogP) is 4.45. The van der Waals surface area contributed by atoms with Crippen molar-refractivity contribution in [1.29, 1.82) is 0 Å². The molecule has 3 heteroatoms. The Morgan fingerprint density at radius 1 is 1.37 bits per heavy atom. The van der Waals surface area contributed by atoms with Gasteiger partial charge in [-0.1, -0.05) is 6.92 Å². The summed E-state index contributed by atoms with van der Waals surface area (Å²) >= 11 is 3.75. The molecule has 1 N–H and O–H groups in total. The highest BCUT2D eigenvalue weighted by Gasteiger charge is 2.28. The molecule has 19 heavy (non-hydrogen) atoms. The fraction of sp³-hybridized carbons (Fsp3) is 0.500. The van der Waals surface area contributed by atoms with Crippen molar-refractivity contribution >= 4 is 22.7 Å². The summed E-state index contributed by atoms with van der Waals surface area (Å²) in [4.78, 5) is 1.63. The van der Waals surface area contributed by atoms with Crippen molar-refractivity contribution in [3.8, 4) is 0 Å². The van der Waals surface area contributed by atoms with E-state index in [0.717, 1.165) is 13.0 Å². The molecule has 2 aromatic rings. The Bertz CT molecular complexity index is 501. The van der Waals surface area contributed by atoms with Crippen LogP contribution in [0.4, 0.5) is 0 Å². The molecule has 102 valence electrons. The normalized spacial score (nSPS) is 20.2. The molecule has 0 aliphatic heterocycles. The Morgan fingerprint density at radius 2 is 2.32 bits per heavy atom. The number of hydrogen-bond donors (Lipinski definition) is 1. The minimum atomic E-state index is 0.591. The van der Waals surface area contributed by atoms with E-state index in [1.807, 2.05) is 22.7 Å². The molecule has 3 rings (SSSR count). The maximum Gasteiger partial charge on any atom is 0.0177 e. The quantitative estimate of drug-likeness (QED) is 0.858. The van der Waals surface area contributed by atoms with Crippen LogP contribution in [-0.2, 0) is 12.8 Å². The molecule has 2 heterocycles. The molecule has 1 aliphatic rings. The summed E-state index contributed by atoms with van der Waals surface area (Å²) in [6.45, 7) is 3.28. The Balaban J connectivity index is 1.81. The fourth-order valence-electron chi connectivity index (χ4n) is 3.22. The molecule has 0 bridgehead atoms. The Labute approximate surface area is 123 Å². The highest BCUT2D eigenvalue weighted by atomic mass is 32.1. The first-order valence-electron chi connectivity index (χ1n) is 7.19. The number of nitrogens with one attached hydrogen (secondary N) is 1. The van der Waals surface area contributed by atoms with Crippen LogP contribution in [0.1, 0.15) is 41.7 Å². The monoisotopic (exact) mass is 291 g/mol. The van der Waals surface area contributed by atoms with E-state index in [4.69, 9.17) is 0 Å². The van der Waals surface area contributed by atoms with Crippen LogP contribution in [-0.4, -0.2) is 12.6 Å². The molecule has 0 saturated carbocycles. The Kier molecular flexibility index (Phi) is 4.36. The predicted molar refractivity (Wildman–Crippen MR) is 85.5 cm³/mol. The van der Waals surface area contributed by atoms with Gasteiger partial charge in [-0.05, 0) is 71.6 Å². The van der Waals surface area contributed by atoms with Crippen molar-refractivity contribution in [2.24, 2.45) is 0 Å². The summed E-state index contributed by atoms with van der Waals surface area (Å²) in [6.07, 6.45) is 5.15. The van der Waals surface area contributed by atoms with Gasteiger partial charge in [0, 0.05) is 16.8 Å². The first-order chi connectivity index (χ1) is 9.38. The molecule has 2 aromatic heterocycles. The number of fused-ring (bicyclic) bond motifs is 1. The van der Waals surface area contributed by atoms with Crippen molar-refractivity contribution < 1.29 is 0 Å². The molecule has 0 aromatic carbocycles. The third-order valence-corrected chi connectivity index (χ3v) is 5.81. The molecule has 0 spiro atoms. The lowest BCUT2D eigenvalue weighted by atomic mass is 9.80. The van der Waals surface area contributed by atoms with Gasteiger partial charge in [-0.3, -0.25) is 0 Å². The van der Waals surface area contributed by atoms with Gasteiger partial charge in [-0.15, -0.1) is 11.3 Å². The van der Waals surface area contributed by atoms with Gasteiger partial charge in [-0.25, -0.2) is 0 Å². The number of rotatable bonds is 5. The zero-order chi connectivity index (χ0) is 13.1.